The standard InChI is InChI=1S/C20H31N3O3/c1-14-10-15(2)20(16(3)11-14)26-13-19(25)23-9-5-4-6-17(23)12-22-18(24)7-8-21/h10-11,17H,4-9,12-13,21H2,1-3H3,(H,22,24). The number of benzene rings is 1. The molecule has 1 saturated heterocycles. The number of nitrogens with two attached hydrogens (primary N) is 1. The highest BCUT2D eigenvalue weighted by Crippen LogP contribution is 2.25. The molecule has 0 aromatic heterocycles. The Labute approximate surface area is 156 Å². The molecule has 1 fully saturated rings. The third-order valence-electron chi connectivity index (χ3n) is 4.80. The van der Waals surface area contributed by atoms with Gasteiger partial charge in [-0.05, 0) is 51.2 Å². The van der Waals surface area contributed by atoms with Gasteiger partial charge in [0, 0.05) is 32.1 Å². The maximum atomic E-state index is 12.7. The van der Waals surface area contributed by atoms with Gasteiger partial charge in [0.15, 0.2) is 6.61 Å². The molecular formula is C20H31N3O3. The second kappa shape index (κ2) is 9.57. The molecule has 1 unspecified atom stereocenters. The van der Waals surface area contributed by atoms with Crippen molar-refractivity contribution in [3.63, 3.8) is 0 Å². The van der Waals surface area contributed by atoms with Crippen molar-refractivity contribution in [2.24, 2.45) is 5.73 Å². The number of nitrogens with one attached hydrogen (secondary N) is 1. The summed E-state index contributed by atoms with van der Waals surface area (Å²) in [5, 5.41) is 2.88. The zero-order chi connectivity index (χ0) is 19.1. The number of hydrogen-bond donors (Lipinski definition) is 2. The minimum absolute atomic E-state index is 0.0258. The molecule has 1 aliphatic heterocycles. The lowest BCUT2D eigenvalue weighted by Crippen LogP contribution is -2.50. The molecule has 26 heavy (non-hydrogen) atoms. The number of aryl methyl sites for hydroxylation is 3. The van der Waals surface area contributed by atoms with Gasteiger partial charge < -0.3 is 20.7 Å². The highest BCUT2D eigenvalue weighted by molar-refractivity contribution is 5.79. The van der Waals surface area contributed by atoms with E-state index in [0.29, 0.717) is 26.1 Å². The lowest BCUT2D eigenvalue weighted by Gasteiger charge is -2.36. The fourth-order valence-corrected chi connectivity index (χ4v) is 3.60. The highest BCUT2D eigenvalue weighted by Gasteiger charge is 2.27. The zero-order valence-corrected chi connectivity index (χ0v) is 16.1. The van der Waals surface area contributed by atoms with E-state index in [1.54, 1.807) is 0 Å². The van der Waals surface area contributed by atoms with Gasteiger partial charge >= 0.3 is 0 Å². The van der Waals surface area contributed by atoms with Crippen LogP contribution < -0.4 is 15.8 Å². The van der Waals surface area contributed by atoms with Crippen LogP contribution >= 0.6 is 0 Å². The molecule has 1 heterocycles. The molecule has 0 radical (unpaired) electrons. The van der Waals surface area contributed by atoms with Gasteiger partial charge in [-0.15, -0.1) is 0 Å². The monoisotopic (exact) mass is 361 g/mol. The first kappa shape index (κ1) is 20.2. The van der Waals surface area contributed by atoms with E-state index < -0.39 is 0 Å². The van der Waals surface area contributed by atoms with E-state index in [0.717, 1.165) is 36.1 Å². The summed E-state index contributed by atoms with van der Waals surface area (Å²) in [4.78, 5) is 26.2. The molecule has 3 N–H and O–H groups in total. The Balaban J connectivity index is 1.94. The number of nitrogens with zero attached hydrogens (tertiary/aromatic N) is 1. The smallest absolute Gasteiger partial charge is 0.260 e. The third-order valence-corrected chi connectivity index (χ3v) is 4.80. The molecule has 0 aliphatic carbocycles. The van der Waals surface area contributed by atoms with Crippen LogP contribution in [0.1, 0.15) is 42.4 Å². The van der Waals surface area contributed by atoms with Gasteiger partial charge in [-0.2, -0.15) is 0 Å². The predicted octanol–water partition coefficient (Wildman–Crippen LogP) is 1.84. The molecule has 2 amide bonds. The minimum Gasteiger partial charge on any atom is -0.483 e. The van der Waals surface area contributed by atoms with Crippen LogP contribution in [-0.4, -0.2) is 49.0 Å². The maximum Gasteiger partial charge on any atom is 0.260 e. The van der Waals surface area contributed by atoms with Gasteiger partial charge in [-0.1, -0.05) is 17.7 Å². The molecule has 0 bridgehead atoms. The van der Waals surface area contributed by atoms with E-state index >= 15 is 0 Å². The van der Waals surface area contributed by atoms with Crippen LogP contribution in [0, 0.1) is 20.8 Å². The van der Waals surface area contributed by atoms with Gasteiger partial charge in [-0.25, -0.2) is 0 Å². The molecular weight excluding hydrogens is 330 g/mol. The van der Waals surface area contributed by atoms with Crippen molar-refractivity contribution < 1.29 is 14.3 Å². The summed E-state index contributed by atoms with van der Waals surface area (Å²) in [5.74, 6) is 0.698. The SMILES string of the molecule is Cc1cc(C)c(OCC(=O)N2CCCCC2CNC(=O)CCN)c(C)c1. The summed E-state index contributed by atoms with van der Waals surface area (Å²) in [6, 6.07) is 4.15. The van der Waals surface area contributed by atoms with Crippen molar-refractivity contribution in [1.82, 2.24) is 10.2 Å². The summed E-state index contributed by atoms with van der Waals surface area (Å²) in [7, 11) is 0. The largest absolute Gasteiger partial charge is 0.483 e. The van der Waals surface area contributed by atoms with Crippen molar-refractivity contribution in [2.45, 2.75) is 52.5 Å². The Bertz CT molecular complexity index is 622. The molecule has 0 saturated carbocycles. The molecule has 1 aromatic rings. The number of ether oxygens (including phenoxy) is 1. The van der Waals surface area contributed by atoms with Crippen molar-refractivity contribution in [2.75, 3.05) is 26.2 Å². The van der Waals surface area contributed by atoms with Crippen molar-refractivity contribution >= 4 is 11.8 Å². The van der Waals surface area contributed by atoms with E-state index in [9.17, 15) is 9.59 Å². The zero-order valence-electron chi connectivity index (χ0n) is 16.1. The van der Waals surface area contributed by atoms with Gasteiger partial charge in [0.2, 0.25) is 5.91 Å². The Morgan fingerprint density at radius 1 is 1.23 bits per heavy atom. The molecule has 1 aromatic carbocycles. The predicted molar refractivity (Wildman–Crippen MR) is 102 cm³/mol. The quantitative estimate of drug-likeness (QED) is 0.776. The van der Waals surface area contributed by atoms with Crippen LogP contribution in [0.15, 0.2) is 12.1 Å². The first-order valence-corrected chi connectivity index (χ1v) is 9.39. The van der Waals surface area contributed by atoms with E-state index in [2.05, 4.69) is 17.4 Å². The number of amides is 2. The van der Waals surface area contributed by atoms with E-state index in [1.807, 2.05) is 25.7 Å². The minimum atomic E-state index is -0.0624. The molecule has 144 valence electrons. The highest BCUT2D eigenvalue weighted by atomic mass is 16.5. The number of rotatable bonds is 7. The Hall–Kier alpha value is -2.08. The second-order valence-electron chi connectivity index (χ2n) is 7.10. The number of hydrogen-bond acceptors (Lipinski definition) is 4. The van der Waals surface area contributed by atoms with Crippen molar-refractivity contribution in [1.29, 1.82) is 0 Å². The van der Waals surface area contributed by atoms with Crippen LogP contribution in [0.3, 0.4) is 0 Å². The first-order chi connectivity index (χ1) is 12.4. The molecule has 6 nitrogen and oxygen atoms in total. The van der Waals surface area contributed by atoms with E-state index in [-0.39, 0.29) is 24.5 Å². The van der Waals surface area contributed by atoms with Crippen LogP contribution in [0.25, 0.3) is 0 Å². The maximum absolute atomic E-state index is 12.7. The number of likely N-dealkylation sites (tertiary alicyclic amines) is 1. The number of piperidine rings is 1. The van der Waals surface area contributed by atoms with Crippen molar-refractivity contribution in [3.8, 4) is 5.75 Å². The van der Waals surface area contributed by atoms with Crippen LogP contribution in [0.4, 0.5) is 0 Å². The van der Waals surface area contributed by atoms with Gasteiger partial charge in [0.25, 0.3) is 5.91 Å². The third kappa shape index (κ3) is 5.46. The molecule has 2 rings (SSSR count). The summed E-state index contributed by atoms with van der Waals surface area (Å²) >= 11 is 0. The number of carbonyl (C=O) groups excluding carboxylic acids is 2. The Morgan fingerprint density at radius 3 is 2.58 bits per heavy atom. The lowest BCUT2D eigenvalue weighted by molar-refractivity contribution is -0.137. The fourth-order valence-electron chi connectivity index (χ4n) is 3.60. The Kier molecular flexibility index (Phi) is 7.45. The Morgan fingerprint density at radius 2 is 1.92 bits per heavy atom. The first-order valence-electron chi connectivity index (χ1n) is 9.39. The van der Waals surface area contributed by atoms with Crippen LogP contribution in [0.5, 0.6) is 5.75 Å². The van der Waals surface area contributed by atoms with E-state index in [4.69, 9.17) is 10.5 Å². The fraction of sp³-hybridized carbons (Fsp3) is 0.600. The molecule has 0 spiro atoms. The van der Waals surface area contributed by atoms with Gasteiger partial charge in [0.1, 0.15) is 5.75 Å². The average molecular weight is 361 g/mol. The summed E-state index contributed by atoms with van der Waals surface area (Å²) < 4.78 is 5.85. The van der Waals surface area contributed by atoms with Crippen molar-refractivity contribution in [3.05, 3.63) is 28.8 Å². The normalized spacial score (nSPS) is 17.1. The van der Waals surface area contributed by atoms with Gasteiger partial charge in [-0.3, -0.25) is 9.59 Å². The van der Waals surface area contributed by atoms with Gasteiger partial charge in [0.05, 0.1) is 0 Å². The molecule has 6 heteroatoms. The lowest BCUT2D eigenvalue weighted by atomic mass is 10.0. The number of carbonyl (C=O) groups is 2. The topological polar surface area (TPSA) is 84.7 Å². The molecule has 1 aliphatic rings. The summed E-state index contributed by atoms with van der Waals surface area (Å²) in [5.41, 5.74) is 8.67. The summed E-state index contributed by atoms with van der Waals surface area (Å²) in [6.45, 7) is 7.60. The van der Waals surface area contributed by atoms with Crippen LogP contribution in [-0.2, 0) is 9.59 Å². The molecule has 1 atom stereocenters. The van der Waals surface area contributed by atoms with E-state index in [1.165, 1.54) is 5.56 Å². The second-order valence-corrected chi connectivity index (χ2v) is 7.10. The summed E-state index contributed by atoms with van der Waals surface area (Å²) in [6.07, 6.45) is 3.27. The van der Waals surface area contributed by atoms with Crippen LogP contribution in [0.2, 0.25) is 0 Å². The average Bonchev–Trinajstić information content (AvgIpc) is 2.59.